The minimum atomic E-state index is -0.838. The summed E-state index contributed by atoms with van der Waals surface area (Å²) in [6, 6.07) is 7.25. The molecule has 0 fully saturated rings. The zero-order valence-corrected chi connectivity index (χ0v) is 14.6. The molecule has 2 aromatic heterocycles. The van der Waals surface area contributed by atoms with E-state index in [4.69, 9.17) is 0 Å². The van der Waals surface area contributed by atoms with Crippen LogP contribution in [0, 0.1) is 12.1 Å². The predicted molar refractivity (Wildman–Crippen MR) is 90.6 cm³/mol. The average molecular weight is 325 g/mol. The summed E-state index contributed by atoms with van der Waals surface area (Å²) in [6.45, 7) is 9.10. The summed E-state index contributed by atoms with van der Waals surface area (Å²) < 4.78 is 0.808. The first-order valence-corrected chi connectivity index (χ1v) is 7.87. The Morgan fingerprint density at radius 3 is 2.17 bits per heavy atom. The average Bonchev–Trinajstić information content (AvgIpc) is 2.65. The molecule has 0 spiro atoms. The first-order valence-electron chi connectivity index (χ1n) is 7.87. The van der Waals surface area contributed by atoms with Crippen LogP contribution in [0.5, 0.6) is 0 Å². The topological polar surface area (TPSA) is 75.0 Å². The first kappa shape index (κ1) is 16.4. The van der Waals surface area contributed by atoms with E-state index in [1.54, 1.807) is 52.2 Å². The molecule has 24 heavy (non-hydrogen) atoms. The number of hydrogen-bond donors (Lipinski definition) is 0. The Balaban J connectivity index is 2.12. The Labute approximate surface area is 141 Å². The van der Waals surface area contributed by atoms with E-state index in [0.717, 1.165) is 15.4 Å². The molecule has 0 bridgehead atoms. The van der Waals surface area contributed by atoms with Gasteiger partial charge in [0.2, 0.25) is 0 Å². The molecule has 2 aromatic rings. The molecule has 1 aliphatic rings. The lowest BCUT2D eigenvalue weighted by atomic mass is 9.84. The van der Waals surface area contributed by atoms with Crippen LogP contribution in [0.2, 0.25) is 0 Å². The quantitative estimate of drug-likeness (QED) is 0.628. The van der Waals surface area contributed by atoms with Crippen molar-refractivity contribution in [3.63, 3.8) is 0 Å². The summed E-state index contributed by atoms with van der Waals surface area (Å²) >= 11 is 0. The van der Waals surface area contributed by atoms with E-state index < -0.39 is 11.1 Å². The molecule has 125 valence electrons. The molecule has 6 heteroatoms. The van der Waals surface area contributed by atoms with Crippen molar-refractivity contribution in [1.82, 2.24) is 15.0 Å². The van der Waals surface area contributed by atoms with Crippen LogP contribution in [0.15, 0.2) is 36.7 Å². The van der Waals surface area contributed by atoms with Crippen molar-refractivity contribution in [2.75, 3.05) is 0 Å². The maximum atomic E-state index is 12.8. The van der Waals surface area contributed by atoms with Gasteiger partial charge in [-0.1, -0.05) is 5.06 Å². The van der Waals surface area contributed by atoms with Gasteiger partial charge in [0, 0.05) is 17.6 Å². The Kier molecular flexibility index (Phi) is 3.60. The monoisotopic (exact) mass is 325 g/mol. The molecule has 0 unspecified atom stereocenters. The Hall–Kier alpha value is -2.47. The van der Waals surface area contributed by atoms with Crippen molar-refractivity contribution < 1.29 is 9.95 Å². The van der Waals surface area contributed by atoms with Crippen LogP contribution in [-0.4, -0.2) is 36.7 Å². The van der Waals surface area contributed by atoms with Crippen LogP contribution in [0.1, 0.15) is 38.8 Å². The molecule has 1 radical (unpaired) electrons. The highest BCUT2D eigenvalue weighted by atomic mass is 16.5. The van der Waals surface area contributed by atoms with Crippen LogP contribution >= 0.6 is 0 Å². The van der Waals surface area contributed by atoms with E-state index in [1.807, 2.05) is 19.1 Å². The maximum absolute atomic E-state index is 12.8. The normalized spacial score (nSPS) is 19.0. The van der Waals surface area contributed by atoms with Gasteiger partial charge in [0.1, 0.15) is 5.54 Å². The van der Waals surface area contributed by atoms with Crippen LogP contribution in [-0.2, 0) is 5.21 Å². The molecule has 6 nitrogen and oxygen atoms in total. The number of pyridine rings is 2. The summed E-state index contributed by atoms with van der Waals surface area (Å²) in [4.78, 5) is 8.65. The SMILES string of the molecule is Cc1ccnc(-c2cc(C3=[N+]([O-])C(C)(C)C(C)(C)N3[O])ccn2)c1. The van der Waals surface area contributed by atoms with E-state index in [0.29, 0.717) is 17.0 Å². The second kappa shape index (κ2) is 5.27. The van der Waals surface area contributed by atoms with Gasteiger partial charge in [-0.25, -0.2) is 0 Å². The largest absolute Gasteiger partial charge is 0.714 e. The Morgan fingerprint density at radius 1 is 1.04 bits per heavy atom. The van der Waals surface area contributed by atoms with Gasteiger partial charge in [-0.15, -0.1) is 0 Å². The summed E-state index contributed by atoms with van der Waals surface area (Å²) in [6.07, 6.45) is 3.31. The van der Waals surface area contributed by atoms with E-state index >= 15 is 0 Å². The molecule has 0 saturated heterocycles. The van der Waals surface area contributed by atoms with Gasteiger partial charge in [-0.2, -0.15) is 0 Å². The Morgan fingerprint density at radius 2 is 1.62 bits per heavy atom. The molecule has 1 aliphatic heterocycles. The number of nitrogens with zero attached hydrogens (tertiary/aromatic N) is 4. The van der Waals surface area contributed by atoms with Crippen molar-refractivity contribution in [2.24, 2.45) is 0 Å². The van der Waals surface area contributed by atoms with Crippen molar-refractivity contribution >= 4 is 5.84 Å². The van der Waals surface area contributed by atoms with Gasteiger partial charge in [-0.05, 0) is 64.4 Å². The van der Waals surface area contributed by atoms with Gasteiger partial charge in [-0.3, -0.25) is 14.7 Å². The standard InChI is InChI=1S/C18H21N4O2/c1-12-6-8-19-14(10-12)15-11-13(7-9-20-15)16-21(23)17(2,3)18(4,5)22(16)24/h6-11H,1-5H3. The minimum absolute atomic E-state index is 0.112. The molecular formula is C18H21N4O2. The first-order chi connectivity index (χ1) is 11.2. The van der Waals surface area contributed by atoms with Crippen LogP contribution in [0.4, 0.5) is 0 Å². The molecule has 3 rings (SSSR count). The number of aryl methyl sites for hydroxylation is 1. The fraction of sp³-hybridized carbons (Fsp3) is 0.389. The zero-order chi connectivity index (χ0) is 17.7. The Bertz CT molecular complexity index is 827. The van der Waals surface area contributed by atoms with Gasteiger partial charge in [0.25, 0.3) is 0 Å². The number of hydrogen-bond acceptors (Lipinski definition) is 4. The summed E-state index contributed by atoms with van der Waals surface area (Å²) in [5.41, 5.74) is 1.28. The second-order valence-electron chi connectivity index (χ2n) is 7.18. The van der Waals surface area contributed by atoms with Crippen LogP contribution in [0.25, 0.3) is 11.4 Å². The number of aromatic nitrogens is 2. The summed E-state index contributed by atoms with van der Waals surface area (Å²) in [5.74, 6) is 0.112. The molecule has 0 N–H and O–H groups in total. The third-order valence-electron chi connectivity index (χ3n) is 5.09. The summed E-state index contributed by atoms with van der Waals surface area (Å²) in [7, 11) is 0. The molecule has 0 aliphatic carbocycles. The lowest BCUT2D eigenvalue weighted by molar-refractivity contribution is -0.539. The van der Waals surface area contributed by atoms with Crippen molar-refractivity contribution in [3.05, 3.63) is 53.0 Å². The minimum Gasteiger partial charge on any atom is -0.714 e. The van der Waals surface area contributed by atoms with E-state index in [-0.39, 0.29) is 5.84 Å². The van der Waals surface area contributed by atoms with E-state index in [1.165, 1.54) is 0 Å². The van der Waals surface area contributed by atoms with Crippen molar-refractivity contribution in [1.29, 1.82) is 0 Å². The molecule has 0 aromatic carbocycles. The fourth-order valence-corrected chi connectivity index (χ4v) is 2.73. The second-order valence-corrected chi connectivity index (χ2v) is 7.18. The molecule has 0 amide bonds. The van der Waals surface area contributed by atoms with E-state index in [9.17, 15) is 10.4 Å². The van der Waals surface area contributed by atoms with Crippen LogP contribution < -0.4 is 0 Å². The lowest BCUT2D eigenvalue weighted by Gasteiger charge is -2.32. The maximum Gasteiger partial charge on any atom is 0.316 e. The number of rotatable bonds is 2. The van der Waals surface area contributed by atoms with Crippen molar-refractivity contribution in [2.45, 2.75) is 45.7 Å². The highest BCUT2D eigenvalue weighted by molar-refractivity contribution is 5.96. The molecular weight excluding hydrogens is 304 g/mol. The van der Waals surface area contributed by atoms with Crippen LogP contribution in [0.3, 0.4) is 0 Å². The number of amidine groups is 1. The van der Waals surface area contributed by atoms with E-state index in [2.05, 4.69) is 9.97 Å². The zero-order valence-electron chi connectivity index (χ0n) is 14.6. The van der Waals surface area contributed by atoms with Gasteiger partial charge in [0.05, 0.1) is 17.0 Å². The predicted octanol–water partition coefficient (Wildman–Crippen LogP) is 2.93. The fourth-order valence-electron chi connectivity index (χ4n) is 2.73. The van der Waals surface area contributed by atoms with Crippen molar-refractivity contribution in [3.8, 4) is 11.4 Å². The lowest BCUT2D eigenvalue weighted by Crippen LogP contribution is -2.53. The smallest absolute Gasteiger partial charge is 0.316 e. The highest BCUT2D eigenvalue weighted by Gasteiger charge is 2.59. The van der Waals surface area contributed by atoms with Gasteiger partial charge in [0.15, 0.2) is 5.54 Å². The number of hydroxylamine groups is 3. The summed E-state index contributed by atoms with van der Waals surface area (Å²) in [5, 5.41) is 26.3. The molecule has 0 atom stereocenters. The van der Waals surface area contributed by atoms with Gasteiger partial charge < -0.3 is 5.21 Å². The highest BCUT2D eigenvalue weighted by Crippen LogP contribution is 2.37. The third-order valence-corrected chi connectivity index (χ3v) is 5.09. The molecule has 3 heterocycles. The van der Waals surface area contributed by atoms with Gasteiger partial charge >= 0.3 is 5.84 Å². The molecule has 0 saturated carbocycles. The third kappa shape index (κ3) is 2.26.